The highest BCUT2D eigenvalue weighted by atomic mass is 16.4. The monoisotopic (exact) mass is 273 g/mol. The molecule has 0 aliphatic heterocycles. The SMILES string of the molecule is CCc1nc(C(=O)Nc2ccc3oc(=O)[nH]c3c2)n[nH]1. The van der Waals surface area contributed by atoms with Crippen molar-refractivity contribution >= 4 is 22.7 Å². The average molecular weight is 273 g/mol. The lowest BCUT2D eigenvalue weighted by atomic mass is 10.3. The van der Waals surface area contributed by atoms with Gasteiger partial charge in [-0.05, 0) is 18.2 Å². The summed E-state index contributed by atoms with van der Waals surface area (Å²) in [6, 6.07) is 4.83. The highest BCUT2D eigenvalue weighted by Gasteiger charge is 2.12. The summed E-state index contributed by atoms with van der Waals surface area (Å²) in [5.41, 5.74) is 1.46. The zero-order chi connectivity index (χ0) is 14.1. The Kier molecular flexibility index (Phi) is 2.82. The lowest BCUT2D eigenvalue weighted by Gasteiger charge is -2.01. The number of amides is 1. The number of hydrogen-bond acceptors (Lipinski definition) is 5. The number of rotatable bonds is 3. The van der Waals surface area contributed by atoms with E-state index in [0.717, 1.165) is 0 Å². The van der Waals surface area contributed by atoms with Gasteiger partial charge in [-0.25, -0.2) is 9.78 Å². The van der Waals surface area contributed by atoms with Crippen molar-refractivity contribution in [1.82, 2.24) is 20.2 Å². The Morgan fingerprint density at radius 3 is 3.05 bits per heavy atom. The molecular weight excluding hydrogens is 262 g/mol. The molecule has 0 aliphatic rings. The molecule has 1 aromatic carbocycles. The lowest BCUT2D eigenvalue weighted by Crippen LogP contribution is -2.13. The van der Waals surface area contributed by atoms with Gasteiger partial charge in [-0.15, -0.1) is 5.10 Å². The fourth-order valence-electron chi connectivity index (χ4n) is 1.77. The summed E-state index contributed by atoms with van der Waals surface area (Å²) in [7, 11) is 0. The number of nitrogens with zero attached hydrogens (tertiary/aromatic N) is 2. The predicted molar refractivity (Wildman–Crippen MR) is 70.5 cm³/mol. The van der Waals surface area contributed by atoms with Gasteiger partial charge in [0.1, 0.15) is 5.82 Å². The van der Waals surface area contributed by atoms with Gasteiger partial charge in [-0.3, -0.25) is 14.9 Å². The molecule has 0 fully saturated rings. The minimum atomic E-state index is -0.537. The first kappa shape index (κ1) is 12.2. The van der Waals surface area contributed by atoms with E-state index in [-0.39, 0.29) is 5.82 Å². The molecule has 20 heavy (non-hydrogen) atoms. The van der Waals surface area contributed by atoms with Crippen LogP contribution in [0.15, 0.2) is 27.4 Å². The smallest absolute Gasteiger partial charge is 0.408 e. The van der Waals surface area contributed by atoms with Gasteiger partial charge in [0.05, 0.1) is 5.52 Å². The number of H-pyrrole nitrogens is 2. The maximum absolute atomic E-state index is 11.9. The van der Waals surface area contributed by atoms with Crippen LogP contribution in [0.1, 0.15) is 23.4 Å². The minimum Gasteiger partial charge on any atom is -0.408 e. The van der Waals surface area contributed by atoms with Gasteiger partial charge in [-0.2, -0.15) is 0 Å². The predicted octanol–water partition coefficient (Wildman–Crippen LogP) is 1.05. The number of benzene rings is 1. The van der Waals surface area contributed by atoms with Crippen LogP contribution >= 0.6 is 0 Å². The van der Waals surface area contributed by atoms with Gasteiger partial charge in [0, 0.05) is 12.1 Å². The van der Waals surface area contributed by atoms with Crippen LogP contribution in [0.25, 0.3) is 11.1 Å². The molecule has 0 radical (unpaired) electrons. The summed E-state index contributed by atoms with van der Waals surface area (Å²) in [4.78, 5) is 29.5. The summed E-state index contributed by atoms with van der Waals surface area (Å²) in [6.07, 6.45) is 0.669. The molecule has 0 atom stereocenters. The van der Waals surface area contributed by atoms with Gasteiger partial charge in [-0.1, -0.05) is 6.92 Å². The van der Waals surface area contributed by atoms with Crippen molar-refractivity contribution < 1.29 is 9.21 Å². The molecule has 0 aliphatic carbocycles. The first-order valence-corrected chi connectivity index (χ1v) is 6.01. The summed E-state index contributed by atoms with van der Waals surface area (Å²) in [6.45, 7) is 1.91. The summed E-state index contributed by atoms with van der Waals surface area (Å²) in [5.74, 6) is -0.247. The second-order valence-corrected chi connectivity index (χ2v) is 4.14. The molecule has 3 N–H and O–H groups in total. The van der Waals surface area contributed by atoms with Crippen LogP contribution in [0.3, 0.4) is 0 Å². The third-order valence-corrected chi connectivity index (χ3v) is 2.75. The highest BCUT2D eigenvalue weighted by Crippen LogP contribution is 2.16. The summed E-state index contributed by atoms with van der Waals surface area (Å²) >= 11 is 0. The zero-order valence-electron chi connectivity index (χ0n) is 10.6. The molecular formula is C12H11N5O3. The number of anilines is 1. The molecule has 2 heterocycles. The van der Waals surface area contributed by atoms with Crippen LogP contribution in [0.4, 0.5) is 5.69 Å². The number of carbonyl (C=O) groups is 1. The van der Waals surface area contributed by atoms with Crippen molar-refractivity contribution in [3.63, 3.8) is 0 Å². The quantitative estimate of drug-likeness (QED) is 0.659. The standard InChI is InChI=1S/C12H11N5O3/c1-2-9-15-10(17-16-9)11(18)13-6-3-4-8-7(5-6)14-12(19)20-8/h3-5H,2H2,1H3,(H,13,18)(H,14,19)(H,15,16,17). The van der Waals surface area contributed by atoms with Gasteiger partial charge in [0.2, 0.25) is 5.82 Å². The Morgan fingerprint density at radius 2 is 2.30 bits per heavy atom. The Balaban J connectivity index is 1.84. The molecule has 2 aromatic heterocycles. The van der Waals surface area contributed by atoms with E-state index in [0.29, 0.717) is 29.0 Å². The van der Waals surface area contributed by atoms with E-state index in [1.807, 2.05) is 6.92 Å². The van der Waals surface area contributed by atoms with Gasteiger partial charge in [0.25, 0.3) is 5.91 Å². The van der Waals surface area contributed by atoms with E-state index in [1.54, 1.807) is 18.2 Å². The molecule has 0 saturated carbocycles. The van der Waals surface area contributed by atoms with Crippen molar-refractivity contribution in [3.8, 4) is 0 Å². The average Bonchev–Trinajstić information content (AvgIpc) is 3.03. The largest absolute Gasteiger partial charge is 0.417 e. The molecule has 8 nitrogen and oxygen atoms in total. The second-order valence-electron chi connectivity index (χ2n) is 4.14. The molecule has 3 aromatic rings. The number of oxazole rings is 1. The second kappa shape index (κ2) is 4.65. The van der Waals surface area contributed by atoms with E-state index in [1.165, 1.54) is 0 Å². The first-order valence-electron chi connectivity index (χ1n) is 6.01. The molecule has 0 saturated heterocycles. The fraction of sp³-hybridized carbons (Fsp3) is 0.167. The molecule has 8 heteroatoms. The maximum atomic E-state index is 11.9. The van der Waals surface area contributed by atoms with Crippen LogP contribution in [-0.4, -0.2) is 26.1 Å². The minimum absolute atomic E-state index is 0.0719. The molecule has 0 unspecified atom stereocenters. The van der Waals surface area contributed by atoms with Crippen LogP contribution in [0.2, 0.25) is 0 Å². The highest BCUT2D eigenvalue weighted by molar-refractivity contribution is 6.02. The first-order chi connectivity index (χ1) is 9.65. The molecule has 1 amide bonds. The molecule has 102 valence electrons. The number of nitrogens with one attached hydrogen (secondary N) is 3. The third-order valence-electron chi connectivity index (χ3n) is 2.75. The number of carbonyl (C=O) groups excluding carboxylic acids is 1. The van der Waals surface area contributed by atoms with Gasteiger partial charge < -0.3 is 9.73 Å². The van der Waals surface area contributed by atoms with E-state index >= 15 is 0 Å². The molecule has 3 rings (SSSR count). The lowest BCUT2D eigenvalue weighted by molar-refractivity contribution is 0.101. The van der Waals surface area contributed by atoms with Gasteiger partial charge >= 0.3 is 5.76 Å². The molecule has 0 spiro atoms. The van der Waals surface area contributed by atoms with Crippen LogP contribution < -0.4 is 11.1 Å². The van der Waals surface area contributed by atoms with Crippen molar-refractivity contribution in [2.45, 2.75) is 13.3 Å². The number of aromatic amines is 2. The van der Waals surface area contributed by atoms with Crippen molar-refractivity contribution in [2.24, 2.45) is 0 Å². The normalized spacial score (nSPS) is 10.8. The van der Waals surface area contributed by atoms with Crippen LogP contribution in [0, 0.1) is 0 Å². The number of hydrogen-bond donors (Lipinski definition) is 3. The van der Waals surface area contributed by atoms with E-state index in [2.05, 4.69) is 25.5 Å². The maximum Gasteiger partial charge on any atom is 0.417 e. The van der Waals surface area contributed by atoms with Crippen molar-refractivity contribution in [2.75, 3.05) is 5.32 Å². The van der Waals surface area contributed by atoms with Crippen molar-refractivity contribution in [1.29, 1.82) is 0 Å². The summed E-state index contributed by atoms with van der Waals surface area (Å²) in [5, 5.41) is 9.15. The summed E-state index contributed by atoms with van der Waals surface area (Å²) < 4.78 is 4.88. The van der Waals surface area contributed by atoms with E-state index < -0.39 is 11.7 Å². The number of aromatic nitrogens is 4. The Labute approximate surface area is 112 Å². The zero-order valence-corrected chi connectivity index (χ0v) is 10.6. The molecule has 0 bridgehead atoms. The fourth-order valence-corrected chi connectivity index (χ4v) is 1.77. The Hall–Kier alpha value is -2.90. The number of fused-ring (bicyclic) bond motifs is 1. The van der Waals surface area contributed by atoms with E-state index in [9.17, 15) is 9.59 Å². The number of aryl methyl sites for hydroxylation is 1. The topological polar surface area (TPSA) is 117 Å². The van der Waals surface area contributed by atoms with E-state index in [4.69, 9.17) is 4.42 Å². The Morgan fingerprint density at radius 1 is 1.45 bits per heavy atom. The third kappa shape index (κ3) is 2.18. The Bertz CT molecular complexity index is 829. The van der Waals surface area contributed by atoms with Crippen LogP contribution in [-0.2, 0) is 6.42 Å². The van der Waals surface area contributed by atoms with Gasteiger partial charge in [0.15, 0.2) is 5.58 Å². The van der Waals surface area contributed by atoms with Crippen LogP contribution in [0.5, 0.6) is 0 Å². The van der Waals surface area contributed by atoms with Crippen molar-refractivity contribution in [3.05, 3.63) is 40.4 Å².